The summed E-state index contributed by atoms with van der Waals surface area (Å²) in [6.07, 6.45) is 2.35. The van der Waals surface area contributed by atoms with E-state index in [1.807, 2.05) is 0 Å². The van der Waals surface area contributed by atoms with Crippen LogP contribution in [0.5, 0.6) is 0 Å². The second-order valence-electron chi connectivity index (χ2n) is 5.76. The third-order valence-corrected chi connectivity index (χ3v) is 5.27. The number of halogens is 1. The highest BCUT2D eigenvalue weighted by atomic mass is 79.9. The molecule has 0 saturated carbocycles. The van der Waals surface area contributed by atoms with E-state index in [9.17, 15) is 0 Å². The molecule has 0 radical (unpaired) electrons. The van der Waals surface area contributed by atoms with Gasteiger partial charge in [-0.2, -0.15) is 0 Å². The zero-order chi connectivity index (χ0) is 13.4. The van der Waals surface area contributed by atoms with Crippen LogP contribution in [0.25, 0.3) is 0 Å². The summed E-state index contributed by atoms with van der Waals surface area (Å²) >= 11 is 3.90. The lowest BCUT2D eigenvalue weighted by Crippen LogP contribution is -2.06. The first-order valence-corrected chi connectivity index (χ1v) is 7.84. The van der Waals surface area contributed by atoms with Crippen molar-refractivity contribution in [3.05, 3.63) is 70.3 Å². The van der Waals surface area contributed by atoms with Crippen molar-refractivity contribution in [3.8, 4) is 0 Å². The Morgan fingerprint density at radius 3 is 2.42 bits per heavy atom. The Morgan fingerprint density at radius 1 is 1.05 bits per heavy atom. The van der Waals surface area contributed by atoms with Gasteiger partial charge in [0.05, 0.1) is 0 Å². The minimum absolute atomic E-state index is 0.504. The Kier molecular flexibility index (Phi) is 3.49. The number of aryl methyl sites for hydroxylation is 2. The summed E-state index contributed by atoms with van der Waals surface area (Å²) in [4.78, 5) is 0.504. The topological polar surface area (TPSA) is 0 Å². The number of alkyl halides is 1. The molecule has 3 rings (SSSR count). The molecule has 0 fully saturated rings. The lowest BCUT2D eigenvalue weighted by Gasteiger charge is -2.15. The standard InChI is InChI=1S/C18H19Br/c1-12-7-13(2)9-14(8-12)10-16-11-15-5-3-4-6-17(15)18(16)19/h3-9,16,18H,10-11H2,1-2H3. The summed E-state index contributed by atoms with van der Waals surface area (Å²) in [5.74, 6) is 0.679. The molecule has 2 aromatic carbocycles. The molecule has 0 nitrogen and oxygen atoms in total. The third-order valence-electron chi connectivity index (χ3n) is 4.03. The van der Waals surface area contributed by atoms with Gasteiger partial charge < -0.3 is 0 Å². The molecule has 2 atom stereocenters. The largest absolute Gasteiger partial charge is 0.0835 e. The number of hydrogen-bond donors (Lipinski definition) is 0. The molecule has 0 amide bonds. The fourth-order valence-electron chi connectivity index (χ4n) is 3.29. The van der Waals surface area contributed by atoms with Crippen LogP contribution in [0.3, 0.4) is 0 Å². The van der Waals surface area contributed by atoms with Crippen LogP contribution in [0, 0.1) is 19.8 Å². The molecule has 0 heterocycles. The molecule has 2 unspecified atom stereocenters. The molecule has 1 aliphatic rings. The third kappa shape index (κ3) is 2.62. The predicted octanol–water partition coefficient (Wildman–Crippen LogP) is 5.15. The maximum atomic E-state index is 3.90. The van der Waals surface area contributed by atoms with E-state index in [0.717, 1.165) is 6.42 Å². The Hall–Kier alpha value is -1.08. The van der Waals surface area contributed by atoms with Gasteiger partial charge in [-0.1, -0.05) is 69.5 Å². The highest BCUT2D eigenvalue weighted by Gasteiger charge is 2.30. The van der Waals surface area contributed by atoms with Gasteiger partial charge in [0.1, 0.15) is 0 Å². The fourth-order valence-corrected chi connectivity index (χ4v) is 4.11. The molecular weight excluding hydrogens is 296 g/mol. The van der Waals surface area contributed by atoms with Crippen LogP contribution in [-0.4, -0.2) is 0 Å². The molecule has 0 saturated heterocycles. The summed E-state index contributed by atoms with van der Waals surface area (Å²) in [6.45, 7) is 4.37. The normalized spacial score (nSPS) is 21.4. The quantitative estimate of drug-likeness (QED) is 0.672. The molecule has 0 aliphatic heterocycles. The average molecular weight is 315 g/mol. The monoisotopic (exact) mass is 314 g/mol. The van der Waals surface area contributed by atoms with Gasteiger partial charge in [0, 0.05) is 4.83 Å². The van der Waals surface area contributed by atoms with E-state index in [4.69, 9.17) is 0 Å². The summed E-state index contributed by atoms with van der Waals surface area (Å²) in [5, 5.41) is 0. The van der Waals surface area contributed by atoms with Crippen LogP contribution in [0.15, 0.2) is 42.5 Å². The van der Waals surface area contributed by atoms with Gasteiger partial charge in [-0.25, -0.2) is 0 Å². The van der Waals surface area contributed by atoms with E-state index in [1.54, 1.807) is 0 Å². The van der Waals surface area contributed by atoms with E-state index in [0.29, 0.717) is 10.7 Å². The lowest BCUT2D eigenvalue weighted by molar-refractivity contribution is 0.555. The van der Waals surface area contributed by atoms with E-state index in [1.165, 1.54) is 34.2 Å². The zero-order valence-corrected chi connectivity index (χ0v) is 13.1. The van der Waals surface area contributed by atoms with E-state index in [2.05, 4.69) is 72.2 Å². The first kappa shape index (κ1) is 12.9. The number of fused-ring (bicyclic) bond motifs is 1. The van der Waals surface area contributed by atoms with Crippen molar-refractivity contribution in [1.29, 1.82) is 0 Å². The molecule has 19 heavy (non-hydrogen) atoms. The van der Waals surface area contributed by atoms with E-state index in [-0.39, 0.29) is 0 Å². The SMILES string of the molecule is Cc1cc(C)cc(CC2Cc3ccccc3C2Br)c1. The minimum Gasteiger partial charge on any atom is -0.0835 e. The Labute approximate surface area is 124 Å². The van der Waals surface area contributed by atoms with Gasteiger partial charge in [-0.05, 0) is 49.3 Å². The second-order valence-corrected chi connectivity index (χ2v) is 6.75. The summed E-state index contributed by atoms with van der Waals surface area (Å²) in [5.41, 5.74) is 7.21. The molecule has 1 heteroatoms. The van der Waals surface area contributed by atoms with Crippen LogP contribution < -0.4 is 0 Å². The Bertz CT molecular complexity index is 580. The molecule has 2 aromatic rings. The zero-order valence-electron chi connectivity index (χ0n) is 11.5. The smallest absolute Gasteiger partial charge is 0.0432 e. The van der Waals surface area contributed by atoms with Gasteiger partial charge in [-0.15, -0.1) is 0 Å². The molecule has 1 aliphatic carbocycles. The van der Waals surface area contributed by atoms with Gasteiger partial charge in [0.25, 0.3) is 0 Å². The van der Waals surface area contributed by atoms with Crippen molar-refractivity contribution in [2.75, 3.05) is 0 Å². The van der Waals surface area contributed by atoms with Crippen molar-refractivity contribution in [1.82, 2.24) is 0 Å². The molecule has 98 valence electrons. The highest BCUT2D eigenvalue weighted by Crippen LogP contribution is 2.43. The minimum atomic E-state index is 0.504. The van der Waals surface area contributed by atoms with E-state index >= 15 is 0 Å². The van der Waals surface area contributed by atoms with Crippen LogP contribution >= 0.6 is 15.9 Å². The number of benzene rings is 2. The van der Waals surface area contributed by atoms with Gasteiger partial charge in [-0.3, -0.25) is 0 Å². The van der Waals surface area contributed by atoms with Crippen LogP contribution in [0.1, 0.15) is 32.6 Å². The Balaban J connectivity index is 1.82. The van der Waals surface area contributed by atoms with Crippen LogP contribution in [0.4, 0.5) is 0 Å². The molecule has 0 aromatic heterocycles. The van der Waals surface area contributed by atoms with Crippen molar-refractivity contribution in [2.45, 2.75) is 31.5 Å². The first-order chi connectivity index (χ1) is 9.13. The summed E-state index contributed by atoms with van der Waals surface area (Å²) < 4.78 is 0. The molecule has 0 spiro atoms. The maximum absolute atomic E-state index is 3.90. The Morgan fingerprint density at radius 2 is 1.74 bits per heavy atom. The van der Waals surface area contributed by atoms with Gasteiger partial charge in [0.15, 0.2) is 0 Å². The maximum Gasteiger partial charge on any atom is 0.0432 e. The van der Waals surface area contributed by atoms with Crippen LogP contribution in [-0.2, 0) is 12.8 Å². The number of hydrogen-bond acceptors (Lipinski definition) is 0. The van der Waals surface area contributed by atoms with Crippen molar-refractivity contribution < 1.29 is 0 Å². The first-order valence-electron chi connectivity index (χ1n) is 6.92. The lowest BCUT2D eigenvalue weighted by atomic mass is 9.94. The van der Waals surface area contributed by atoms with Crippen molar-refractivity contribution in [2.24, 2.45) is 5.92 Å². The van der Waals surface area contributed by atoms with E-state index < -0.39 is 0 Å². The molecular formula is C18H19Br. The highest BCUT2D eigenvalue weighted by molar-refractivity contribution is 9.09. The van der Waals surface area contributed by atoms with Crippen molar-refractivity contribution >= 4 is 15.9 Å². The van der Waals surface area contributed by atoms with Crippen LogP contribution in [0.2, 0.25) is 0 Å². The summed E-state index contributed by atoms with van der Waals surface area (Å²) in [6, 6.07) is 15.7. The molecule has 0 bridgehead atoms. The predicted molar refractivity (Wildman–Crippen MR) is 84.9 cm³/mol. The fraction of sp³-hybridized carbons (Fsp3) is 0.333. The summed E-state index contributed by atoms with van der Waals surface area (Å²) in [7, 11) is 0. The van der Waals surface area contributed by atoms with Gasteiger partial charge >= 0.3 is 0 Å². The molecule has 0 N–H and O–H groups in total. The second kappa shape index (κ2) is 5.13. The average Bonchev–Trinajstić information content (AvgIpc) is 2.66. The number of rotatable bonds is 2. The van der Waals surface area contributed by atoms with Crippen molar-refractivity contribution in [3.63, 3.8) is 0 Å². The van der Waals surface area contributed by atoms with Gasteiger partial charge in [0.2, 0.25) is 0 Å².